The number of ether oxygens (including phenoxy) is 1. The molecule has 5 heteroatoms. The molecule has 0 aliphatic carbocycles. The SMILES string of the molecule is CC(C)(C)c1cccc(-[n+]2[c-]n(-c3cc(Oc4ccc5c6cc(C(C)(C)c7ccccc7)ccc6n(-c6cc(C(C)(C)C)ccn6)c5c4)cc(C(C)(C)c4ccccc4)c3)c(C(C)(C)C)c2C(C)(C)C)c1. The maximum absolute atomic E-state index is 7.22. The molecule has 9 aromatic rings. The molecular weight excluding hydrogens is 865 g/mol. The second-order valence-corrected chi connectivity index (χ2v) is 25.0. The molecule has 0 amide bonds. The average molecular weight is 939 g/mol. The normalized spacial score (nSPS) is 13.1. The van der Waals surface area contributed by atoms with E-state index in [9.17, 15) is 0 Å². The van der Waals surface area contributed by atoms with Crippen molar-refractivity contribution < 1.29 is 9.30 Å². The van der Waals surface area contributed by atoms with Gasteiger partial charge >= 0.3 is 0 Å². The van der Waals surface area contributed by atoms with Crippen molar-refractivity contribution in [3.63, 3.8) is 0 Å². The smallest absolute Gasteiger partial charge is 0.269 e. The van der Waals surface area contributed by atoms with Gasteiger partial charge in [-0.25, -0.2) is 4.98 Å². The predicted octanol–water partition coefficient (Wildman–Crippen LogP) is 16.7. The standard InChI is InChI=1S/C66H74N4O/c1-61(2,3)46-28-23-29-50(36-46)68-43-69(60(64(10,11)12)59(68)63(7,8)9)51-37-49(66(15,16)45-26-21-18-22-27-45)38-53(41-51)71-52-31-32-54-55-39-48(65(13,14)44-24-19-17-20-25-44)30-33-56(55)70(57(54)42-52)58-40-47(34-35-67-58)62(4,5)6/h17-42H,1-16H3. The molecule has 3 aromatic heterocycles. The van der Waals surface area contributed by atoms with Crippen molar-refractivity contribution in [3.05, 3.63) is 209 Å². The second kappa shape index (κ2) is 17.5. The van der Waals surface area contributed by atoms with Crippen LogP contribution in [0.25, 0.3) is 39.0 Å². The molecule has 71 heavy (non-hydrogen) atoms. The fourth-order valence-electron chi connectivity index (χ4n) is 10.3. The number of imidazole rings is 1. The zero-order valence-corrected chi connectivity index (χ0v) is 45.2. The topological polar surface area (TPSA) is 35.9 Å². The third-order valence-electron chi connectivity index (χ3n) is 14.7. The molecule has 0 spiro atoms. The highest BCUT2D eigenvalue weighted by atomic mass is 16.5. The van der Waals surface area contributed by atoms with Crippen LogP contribution < -0.4 is 9.30 Å². The van der Waals surface area contributed by atoms with E-state index in [0.717, 1.165) is 50.7 Å². The van der Waals surface area contributed by atoms with Gasteiger partial charge in [-0.3, -0.25) is 13.7 Å². The molecule has 0 bridgehead atoms. The number of nitrogens with zero attached hydrogens (tertiary/aromatic N) is 4. The number of hydrogen-bond donors (Lipinski definition) is 0. The summed E-state index contributed by atoms with van der Waals surface area (Å²) in [5.41, 5.74) is 13.0. The number of hydrogen-bond acceptors (Lipinski definition) is 2. The van der Waals surface area contributed by atoms with Gasteiger partial charge in [-0.1, -0.05) is 190 Å². The van der Waals surface area contributed by atoms with Gasteiger partial charge in [0.25, 0.3) is 6.33 Å². The van der Waals surface area contributed by atoms with Gasteiger partial charge < -0.3 is 4.74 Å². The van der Waals surface area contributed by atoms with E-state index in [-0.39, 0.29) is 32.5 Å². The number of aromatic nitrogens is 4. The lowest BCUT2D eigenvalue weighted by Gasteiger charge is -2.31. The first-order chi connectivity index (χ1) is 33.2. The third kappa shape index (κ3) is 9.37. The van der Waals surface area contributed by atoms with Gasteiger partial charge in [0, 0.05) is 33.9 Å². The van der Waals surface area contributed by atoms with Crippen molar-refractivity contribution >= 4 is 21.8 Å². The van der Waals surface area contributed by atoms with Crippen LogP contribution in [-0.4, -0.2) is 14.1 Å². The van der Waals surface area contributed by atoms with Crippen molar-refractivity contribution in [2.24, 2.45) is 0 Å². The third-order valence-corrected chi connectivity index (χ3v) is 14.7. The summed E-state index contributed by atoms with van der Waals surface area (Å²) >= 11 is 0. The lowest BCUT2D eigenvalue weighted by Crippen LogP contribution is -2.40. The van der Waals surface area contributed by atoms with Gasteiger partial charge in [0.15, 0.2) is 0 Å². The van der Waals surface area contributed by atoms with E-state index in [1.54, 1.807) is 0 Å². The van der Waals surface area contributed by atoms with E-state index in [1.165, 1.54) is 44.6 Å². The molecular formula is C66H74N4O. The van der Waals surface area contributed by atoms with Crippen LogP contribution in [0.3, 0.4) is 0 Å². The zero-order chi connectivity index (χ0) is 51.1. The summed E-state index contributed by atoms with van der Waals surface area (Å²) in [7, 11) is 0. The number of fused-ring (bicyclic) bond motifs is 3. The van der Waals surface area contributed by atoms with Crippen LogP contribution in [0.4, 0.5) is 0 Å². The Hall–Kier alpha value is -6.72. The van der Waals surface area contributed by atoms with E-state index in [1.807, 2.05) is 6.20 Å². The van der Waals surface area contributed by atoms with Gasteiger partial charge in [0.05, 0.1) is 33.8 Å². The molecule has 5 nitrogen and oxygen atoms in total. The largest absolute Gasteiger partial charge is 0.458 e. The molecule has 3 heterocycles. The van der Waals surface area contributed by atoms with Crippen molar-refractivity contribution in [1.29, 1.82) is 0 Å². The molecule has 0 aliphatic rings. The molecule has 0 N–H and O–H groups in total. The molecule has 0 fully saturated rings. The van der Waals surface area contributed by atoms with Crippen LogP contribution in [-0.2, 0) is 32.5 Å². The minimum atomic E-state index is -0.361. The Morgan fingerprint density at radius 1 is 0.437 bits per heavy atom. The number of benzene rings is 6. The van der Waals surface area contributed by atoms with E-state index in [4.69, 9.17) is 9.72 Å². The average Bonchev–Trinajstić information content (AvgIpc) is 3.90. The molecule has 364 valence electrons. The molecule has 0 radical (unpaired) electrons. The summed E-state index contributed by atoms with van der Waals surface area (Å²) in [5.74, 6) is 2.38. The van der Waals surface area contributed by atoms with Crippen LogP contribution >= 0.6 is 0 Å². The Morgan fingerprint density at radius 2 is 1.04 bits per heavy atom. The fraction of sp³-hybridized carbons (Fsp3) is 0.333. The summed E-state index contributed by atoms with van der Waals surface area (Å²) in [4.78, 5) is 5.05. The Morgan fingerprint density at radius 3 is 1.65 bits per heavy atom. The van der Waals surface area contributed by atoms with Crippen LogP contribution in [0.5, 0.6) is 11.5 Å². The lowest BCUT2D eigenvalue weighted by atomic mass is 9.78. The molecule has 0 aliphatic heterocycles. The van der Waals surface area contributed by atoms with Crippen LogP contribution in [0.1, 0.15) is 156 Å². The zero-order valence-electron chi connectivity index (χ0n) is 45.2. The number of rotatable bonds is 9. The highest BCUT2D eigenvalue weighted by Gasteiger charge is 2.35. The van der Waals surface area contributed by atoms with E-state index >= 15 is 0 Å². The summed E-state index contributed by atoms with van der Waals surface area (Å²) in [6, 6.07) is 55.3. The Bertz CT molecular complexity index is 3410. The van der Waals surface area contributed by atoms with Crippen LogP contribution in [0.15, 0.2) is 158 Å². The predicted molar refractivity (Wildman–Crippen MR) is 297 cm³/mol. The number of pyridine rings is 1. The van der Waals surface area contributed by atoms with Gasteiger partial charge in [-0.05, 0) is 122 Å². The van der Waals surface area contributed by atoms with Gasteiger partial charge in [0.2, 0.25) is 0 Å². The van der Waals surface area contributed by atoms with Gasteiger partial charge in [0.1, 0.15) is 17.3 Å². The summed E-state index contributed by atoms with van der Waals surface area (Å²) in [6.45, 7) is 36.8. The highest BCUT2D eigenvalue weighted by molar-refractivity contribution is 6.10. The van der Waals surface area contributed by atoms with Crippen molar-refractivity contribution in [3.8, 4) is 28.7 Å². The monoisotopic (exact) mass is 939 g/mol. The van der Waals surface area contributed by atoms with E-state index in [0.29, 0.717) is 0 Å². The molecule has 0 unspecified atom stereocenters. The second-order valence-electron chi connectivity index (χ2n) is 25.0. The van der Waals surface area contributed by atoms with Crippen molar-refractivity contribution in [2.45, 2.75) is 143 Å². The fourth-order valence-corrected chi connectivity index (χ4v) is 10.3. The molecule has 0 saturated heterocycles. The van der Waals surface area contributed by atoms with Crippen molar-refractivity contribution in [2.75, 3.05) is 0 Å². The van der Waals surface area contributed by atoms with E-state index < -0.39 is 0 Å². The molecule has 0 saturated carbocycles. The van der Waals surface area contributed by atoms with Gasteiger partial charge in [-0.15, -0.1) is 0 Å². The summed E-state index contributed by atoms with van der Waals surface area (Å²) in [6.07, 6.45) is 5.90. The molecule has 6 aromatic carbocycles. The lowest BCUT2D eigenvalue weighted by molar-refractivity contribution is -0.611. The van der Waals surface area contributed by atoms with Crippen molar-refractivity contribution in [1.82, 2.24) is 14.1 Å². The minimum Gasteiger partial charge on any atom is -0.458 e. The first kappa shape index (κ1) is 49.3. The maximum Gasteiger partial charge on any atom is 0.269 e. The van der Waals surface area contributed by atoms with Crippen LogP contribution in [0, 0.1) is 6.33 Å². The molecule has 0 atom stereocenters. The highest BCUT2D eigenvalue weighted by Crippen LogP contribution is 2.43. The van der Waals surface area contributed by atoms with E-state index in [2.05, 4.69) is 282 Å². The molecule has 9 rings (SSSR count). The quantitative estimate of drug-likeness (QED) is 0.107. The Labute approximate surface area is 424 Å². The van der Waals surface area contributed by atoms with Gasteiger partial charge in [-0.2, -0.15) is 0 Å². The summed E-state index contributed by atoms with van der Waals surface area (Å²) < 4.78 is 14.2. The minimum absolute atomic E-state index is 0.00986. The first-order valence-corrected chi connectivity index (χ1v) is 25.5. The summed E-state index contributed by atoms with van der Waals surface area (Å²) in [5, 5.41) is 2.32. The first-order valence-electron chi connectivity index (χ1n) is 25.5. The van der Waals surface area contributed by atoms with Crippen LogP contribution in [0.2, 0.25) is 0 Å². The maximum atomic E-state index is 7.22. The Kier molecular flexibility index (Phi) is 12.2. The Balaban J connectivity index is 1.26.